The van der Waals surface area contributed by atoms with Crippen molar-refractivity contribution < 1.29 is 0 Å². The molecule has 1 saturated carbocycles. The maximum atomic E-state index is 2.41. The van der Waals surface area contributed by atoms with Crippen LogP contribution in [0.4, 0.5) is 0 Å². The van der Waals surface area contributed by atoms with E-state index in [4.69, 9.17) is 0 Å². The molecule has 0 nitrogen and oxygen atoms in total. The van der Waals surface area contributed by atoms with E-state index in [-0.39, 0.29) is 0 Å². The van der Waals surface area contributed by atoms with Crippen molar-refractivity contribution in [2.75, 3.05) is 0 Å². The van der Waals surface area contributed by atoms with Crippen LogP contribution in [0.25, 0.3) is 0 Å². The summed E-state index contributed by atoms with van der Waals surface area (Å²) in [5, 5.41) is 0. The van der Waals surface area contributed by atoms with E-state index < -0.39 is 0 Å². The highest BCUT2D eigenvalue weighted by Gasteiger charge is 2.21. The highest BCUT2D eigenvalue weighted by atomic mass is 14.3. The molecule has 1 aliphatic rings. The average Bonchev–Trinajstić information content (AvgIpc) is 2.39. The summed E-state index contributed by atoms with van der Waals surface area (Å²) in [6.07, 6.45) is 19.3. The molecule has 1 atom stereocenters. The number of unbranched alkanes of at least 4 members (excludes halogenated alkanes) is 5. The molecule has 0 aromatic rings. The van der Waals surface area contributed by atoms with E-state index >= 15 is 0 Å². The first kappa shape index (κ1) is 15.1. The summed E-state index contributed by atoms with van der Waals surface area (Å²) >= 11 is 0. The van der Waals surface area contributed by atoms with Crippen molar-refractivity contribution in [2.24, 2.45) is 11.8 Å². The predicted octanol–water partition coefficient (Wildman–Crippen LogP) is 6.34. The van der Waals surface area contributed by atoms with E-state index in [2.05, 4.69) is 13.8 Å². The first-order valence-electron chi connectivity index (χ1n) is 8.38. The molecule has 0 aromatic heterocycles. The molecular formula is C17H34. The molecule has 1 unspecified atom stereocenters. The Labute approximate surface area is 110 Å². The minimum absolute atomic E-state index is 1.06. The van der Waals surface area contributed by atoms with Crippen LogP contribution in [0.15, 0.2) is 0 Å². The van der Waals surface area contributed by atoms with Crippen LogP contribution in [0.2, 0.25) is 0 Å². The van der Waals surface area contributed by atoms with Gasteiger partial charge in [0.05, 0.1) is 0 Å². The van der Waals surface area contributed by atoms with Gasteiger partial charge in [-0.15, -0.1) is 0 Å². The molecule has 17 heavy (non-hydrogen) atoms. The van der Waals surface area contributed by atoms with Crippen LogP contribution in [-0.4, -0.2) is 0 Å². The molecule has 0 N–H and O–H groups in total. The number of hydrogen-bond donors (Lipinski definition) is 0. The van der Waals surface area contributed by atoms with Gasteiger partial charge in [0.15, 0.2) is 0 Å². The Morgan fingerprint density at radius 3 is 2.12 bits per heavy atom. The van der Waals surface area contributed by atoms with Gasteiger partial charge in [-0.1, -0.05) is 97.3 Å². The Morgan fingerprint density at radius 2 is 1.47 bits per heavy atom. The molecule has 1 fully saturated rings. The topological polar surface area (TPSA) is 0 Å². The maximum absolute atomic E-state index is 2.41. The van der Waals surface area contributed by atoms with E-state index in [0.717, 1.165) is 11.8 Å². The summed E-state index contributed by atoms with van der Waals surface area (Å²) in [7, 11) is 0. The average molecular weight is 238 g/mol. The molecule has 0 amide bonds. The van der Waals surface area contributed by atoms with Gasteiger partial charge in [-0.2, -0.15) is 0 Å². The van der Waals surface area contributed by atoms with Gasteiger partial charge in [-0.05, 0) is 11.8 Å². The van der Waals surface area contributed by atoms with Crippen LogP contribution >= 0.6 is 0 Å². The zero-order valence-electron chi connectivity index (χ0n) is 12.3. The second-order valence-corrected chi connectivity index (χ2v) is 6.12. The fraction of sp³-hybridized carbons (Fsp3) is 1.00. The SMILES string of the molecule is CCCCCCCCC(CC)C1CCCCC1. The normalized spacial score (nSPS) is 19.4. The summed E-state index contributed by atoms with van der Waals surface area (Å²) in [6, 6.07) is 0. The fourth-order valence-corrected chi connectivity index (χ4v) is 3.57. The van der Waals surface area contributed by atoms with Gasteiger partial charge < -0.3 is 0 Å². The van der Waals surface area contributed by atoms with Crippen LogP contribution in [-0.2, 0) is 0 Å². The summed E-state index contributed by atoms with van der Waals surface area (Å²) in [6.45, 7) is 4.71. The summed E-state index contributed by atoms with van der Waals surface area (Å²) in [5.41, 5.74) is 0. The van der Waals surface area contributed by atoms with Gasteiger partial charge >= 0.3 is 0 Å². The molecule has 0 heteroatoms. The molecule has 102 valence electrons. The van der Waals surface area contributed by atoms with Crippen LogP contribution in [0, 0.1) is 11.8 Å². The van der Waals surface area contributed by atoms with Crippen molar-refractivity contribution in [1.29, 1.82) is 0 Å². The molecule has 0 heterocycles. The lowest BCUT2D eigenvalue weighted by molar-refractivity contribution is 0.225. The molecule has 0 saturated heterocycles. The van der Waals surface area contributed by atoms with Crippen molar-refractivity contribution in [3.8, 4) is 0 Å². The third kappa shape index (κ3) is 6.48. The van der Waals surface area contributed by atoms with Crippen LogP contribution in [0.1, 0.15) is 97.3 Å². The van der Waals surface area contributed by atoms with Crippen molar-refractivity contribution >= 4 is 0 Å². The van der Waals surface area contributed by atoms with Crippen molar-refractivity contribution in [3.63, 3.8) is 0 Å². The Hall–Kier alpha value is 0. The van der Waals surface area contributed by atoms with Gasteiger partial charge in [0.1, 0.15) is 0 Å². The summed E-state index contributed by atoms with van der Waals surface area (Å²) in [5.74, 6) is 2.14. The molecule has 0 aromatic carbocycles. The van der Waals surface area contributed by atoms with Crippen LogP contribution < -0.4 is 0 Å². The predicted molar refractivity (Wildman–Crippen MR) is 78.3 cm³/mol. The number of rotatable bonds is 9. The van der Waals surface area contributed by atoms with E-state index in [0.29, 0.717) is 0 Å². The maximum Gasteiger partial charge on any atom is -0.0386 e. The van der Waals surface area contributed by atoms with E-state index in [1.54, 1.807) is 0 Å². The Morgan fingerprint density at radius 1 is 0.824 bits per heavy atom. The monoisotopic (exact) mass is 238 g/mol. The Balaban J connectivity index is 2.05. The molecule has 0 spiro atoms. The lowest BCUT2D eigenvalue weighted by atomic mass is 9.76. The van der Waals surface area contributed by atoms with Gasteiger partial charge in [0.2, 0.25) is 0 Å². The lowest BCUT2D eigenvalue weighted by Crippen LogP contribution is -2.17. The second-order valence-electron chi connectivity index (χ2n) is 6.12. The van der Waals surface area contributed by atoms with Crippen molar-refractivity contribution in [1.82, 2.24) is 0 Å². The third-order valence-electron chi connectivity index (χ3n) is 4.77. The minimum Gasteiger partial charge on any atom is -0.0654 e. The largest absolute Gasteiger partial charge is 0.0654 e. The first-order chi connectivity index (χ1) is 8.38. The molecule has 0 radical (unpaired) electrons. The van der Waals surface area contributed by atoms with E-state index in [1.807, 2.05) is 0 Å². The van der Waals surface area contributed by atoms with Crippen molar-refractivity contribution in [3.05, 3.63) is 0 Å². The molecule has 0 bridgehead atoms. The standard InChI is InChI=1S/C17H34/c1-3-5-6-7-8-10-13-16(4-2)17-14-11-9-12-15-17/h16-17H,3-15H2,1-2H3. The van der Waals surface area contributed by atoms with Gasteiger partial charge in [-0.25, -0.2) is 0 Å². The molecular weight excluding hydrogens is 204 g/mol. The highest BCUT2D eigenvalue weighted by Crippen LogP contribution is 2.34. The summed E-state index contributed by atoms with van der Waals surface area (Å²) in [4.78, 5) is 0. The van der Waals surface area contributed by atoms with E-state index in [1.165, 1.54) is 83.5 Å². The van der Waals surface area contributed by atoms with E-state index in [9.17, 15) is 0 Å². The molecule has 1 rings (SSSR count). The Kier molecular flexibility index (Phi) is 8.83. The minimum atomic E-state index is 1.06. The third-order valence-corrected chi connectivity index (χ3v) is 4.77. The van der Waals surface area contributed by atoms with Crippen LogP contribution in [0.3, 0.4) is 0 Å². The van der Waals surface area contributed by atoms with Crippen LogP contribution in [0.5, 0.6) is 0 Å². The smallest absolute Gasteiger partial charge is 0.0386 e. The lowest BCUT2D eigenvalue weighted by Gasteiger charge is -2.29. The van der Waals surface area contributed by atoms with Gasteiger partial charge in [0, 0.05) is 0 Å². The zero-order chi connectivity index (χ0) is 12.3. The molecule has 1 aliphatic carbocycles. The first-order valence-corrected chi connectivity index (χ1v) is 8.38. The number of hydrogen-bond acceptors (Lipinski definition) is 0. The zero-order valence-corrected chi connectivity index (χ0v) is 12.3. The second kappa shape index (κ2) is 9.97. The summed E-state index contributed by atoms with van der Waals surface area (Å²) < 4.78 is 0. The quantitative estimate of drug-likeness (QED) is 0.411. The van der Waals surface area contributed by atoms with Gasteiger partial charge in [0.25, 0.3) is 0 Å². The highest BCUT2D eigenvalue weighted by molar-refractivity contribution is 4.73. The van der Waals surface area contributed by atoms with Gasteiger partial charge in [-0.3, -0.25) is 0 Å². The van der Waals surface area contributed by atoms with Crippen molar-refractivity contribution in [2.45, 2.75) is 97.3 Å². The Bertz CT molecular complexity index is 155. The molecule has 0 aliphatic heterocycles. The fourth-order valence-electron chi connectivity index (χ4n) is 3.57.